The third-order valence-corrected chi connectivity index (χ3v) is 5.17. The maximum atomic E-state index is 3.94. The van der Waals surface area contributed by atoms with Gasteiger partial charge in [0.05, 0.1) is 0 Å². The standard InChI is InChI=1S/C28H24.C3H8/c1-4-11-21(12-5-2)28-24-16-10-9-15-23(24)27(22-13-7-6-8-14-22)25-18-17-20(3)19-26(25)28;1-3-2/h4-19H,1H2,2-3H3;3H2,1-2H3/b12-5-,21-11+;. The third kappa shape index (κ3) is 4.70. The molecule has 31 heavy (non-hydrogen) atoms. The Labute approximate surface area is 187 Å². The highest BCUT2D eigenvalue weighted by molar-refractivity contribution is 6.19. The molecule has 0 amide bonds. The van der Waals surface area contributed by atoms with Gasteiger partial charge in [-0.3, -0.25) is 0 Å². The van der Waals surface area contributed by atoms with Crippen LogP contribution in [0, 0.1) is 6.92 Å². The predicted octanol–water partition coefficient (Wildman–Crippen LogP) is 9.53. The van der Waals surface area contributed by atoms with E-state index in [2.05, 4.69) is 125 Å². The number of allylic oxidation sites excluding steroid dienone is 5. The molecule has 4 aromatic rings. The molecule has 0 heteroatoms. The summed E-state index contributed by atoms with van der Waals surface area (Å²) >= 11 is 0. The molecule has 4 aromatic carbocycles. The Morgan fingerprint density at radius 2 is 1.42 bits per heavy atom. The second-order valence-electron chi connectivity index (χ2n) is 7.78. The summed E-state index contributed by atoms with van der Waals surface area (Å²) in [6.45, 7) is 12.4. The molecule has 0 unspecified atom stereocenters. The van der Waals surface area contributed by atoms with Crippen molar-refractivity contribution in [1.29, 1.82) is 0 Å². The zero-order valence-electron chi connectivity index (χ0n) is 19.2. The monoisotopic (exact) mass is 404 g/mol. The van der Waals surface area contributed by atoms with Crippen LogP contribution in [-0.2, 0) is 0 Å². The van der Waals surface area contributed by atoms with Gasteiger partial charge in [-0.05, 0) is 57.7 Å². The van der Waals surface area contributed by atoms with Gasteiger partial charge in [-0.25, -0.2) is 0 Å². The van der Waals surface area contributed by atoms with Crippen molar-refractivity contribution in [2.75, 3.05) is 0 Å². The van der Waals surface area contributed by atoms with Gasteiger partial charge in [-0.1, -0.05) is 130 Å². The summed E-state index contributed by atoms with van der Waals surface area (Å²) in [6.07, 6.45) is 9.49. The molecule has 0 radical (unpaired) electrons. The number of aryl methyl sites for hydroxylation is 1. The van der Waals surface area contributed by atoms with Crippen LogP contribution in [0.3, 0.4) is 0 Å². The lowest BCUT2D eigenvalue weighted by Gasteiger charge is -2.18. The first-order chi connectivity index (χ1) is 15.2. The first kappa shape index (κ1) is 22.3. The van der Waals surface area contributed by atoms with Crippen LogP contribution >= 0.6 is 0 Å². The van der Waals surface area contributed by atoms with E-state index >= 15 is 0 Å². The number of hydrogen-bond acceptors (Lipinski definition) is 0. The van der Waals surface area contributed by atoms with Gasteiger partial charge in [0, 0.05) is 0 Å². The van der Waals surface area contributed by atoms with Gasteiger partial charge >= 0.3 is 0 Å². The van der Waals surface area contributed by atoms with Crippen LogP contribution in [-0.4, -0.2) is 0 Å². The lowest BCUT2D eigenvalue weighted by atomic mass is 9.85. The number of benzene rings is 4. The minimum Gasteiger partial charge on any atom is -0.0990 e. The summed E-state index contributed by atoms with van der Waals surface area (Å²) in [5.41, 5.74) is 6.27. The van der Waals surface area contributed by atoms with Gasteiger partial charge in [0.2, 0.25) is 0 Å². The van der Waals surface area contributed by atoms with Crippen molar-refractivity contribution in [1.82, 2.24) is 0 Å². The van der Waals surface area contributed by atoms with E-state index in [1.165, 1.54) is 55.8 Å². The van der Waals surface area contributed by atoms with E-state index < -0.39 is 0 Å². The lowest BCUT2D eigenvalue weighted by molar-refractivity contribution is 1.09. The maximum Gasteiger partial charge on any atom is -0.00264 e. The summed E-state index contributed by atoms with van der Waals surface area (Å²) in [7, 11) is 0. The average Bonchev–Trinajstić information content (AvgIpc) is 2.78. The zero-order valence-corrected chi connectivity index (χ0v) is 19.2. The SMILES string of the molecule is C=C/C=C(\C=C/C)c1c2ccccc2c(-c2ccccc2)c2ccc(C)cc12.CCC. The van der Waals surface area contributed by atoms with Gasteiger partial charge in [-0.2, -0.15) is 0 Å². The topological polar surface area (TPSA) is 0 Å². The van der Waals surface area contributed by atoms with Gasteiger partial charge in [-0.15, -0.1) is 0 Å². The second kappa shape index (κ2) is 10.6. The van der Waals surface area contributed by atoms with Crippen LogP contribution in [0.25, 0.3) is 38.2 Å². The second-order valence-corrected chi connectivity index (χ2v) is 7.78. The summed E-state index contributed by atoms with van der Waals surface area (Å²) in [5, 5.41) is 5.11. The average molecular weight is 405 g/mol. The molecule has 0 aromatic heterocycles. The van der Waals surface area contributed by atoms with Gasteiger partial charge < -0.3 is 0 Å². The molecule has 0 heterocycles. The Bertz CT molecular complexity index is 1240. The first-order valence-corrected chi connectivity index (χ1v) is 11.1. The number of hydrogen-bond donors (Lipinski definition) is 0. The van der Waals surface area contributed by atoms with Crippen molar-refractivity contribution in [2.24, 2.45) is 0 Å². The molecule has 0 aliphatic carbocycles. The predicted molar refractivity (Wildman–Crippen MR) is 141 cm³/mol. The Morgan fingerprint density at radius 1 is 0.806 bits per heavy atom. The molecule has 0 aliphatic heterocycles. The van der Waals surface area contributed by atoms with Crippen LogP contribution in [0.15, 0.2) is 104 Å². The molecule has 0 nitrogen and oxygen atoms in total. The van der Waals surface area contributed by atoms with Crippen molar-refractivity contribution in [3.63, 3.8) is 0 Å². The number of rotatable bonds is 4. The molecular formula is C31H32. The Morgan fingerprint density at radius 3 is 2.06 bits per heavy atom. The summed E-state index contributed by atoms with van der Waals surface area (Å²) < 4.78 is 0. The van der Waals surface area contributed by atoms with E-state index in [-0.39, 0.29) is 0 Å². The van der Waals surface area contributed by atoms with Crippen molar-refractivity contribution in [3.8, 4) is 11.1 Å². The quantitative estimate of drug-likeness (QED) is 0.235. The minimum atomic E-state index is 1.18. The summed E-state index contributed by atoms with van der Waals surface area (Å²) in [6, 6.07) is 26.2. The van der Waals surface area contributed by atoms with E-state index in [1.807, 2.05) is 6.08 Å². The fourth-order valence-corrected chi connectivity index (χ4v) is 4.05. The normalized spacial score (nSPS) is 11.5. The lowest BCUT2D eigenvalue weighted by Crippen LogP contribution is -1.93. The fraction of sp³-hybridized carbons (Fsp3) is 0.161. The highest BCUT2D eigenvalue weighted by atomic mass is 14.2. The van der Waals surface area contributed by atoms with Crippen molar-refractivity contribution in [2.45, 2.75) is 34.1 Å². The molecule has 0 aliphatic rings. The summed E-state index contributed by atoms with van der Waals surface area (Å²) in [5.74, 6) is 0. The van der Waals surface area contributed by atoms with Crippen molar-refractivity contribution >= 4 is 27.1 Å². The Hall–Kier alpha value is -3.38. The smallest absolute Gasteiger partial charge is 0.00264 e. The van der Waals surface area contributed by atoms with Crippen LogP contribution < -0.4 is 0 Å². The fourth-order valence-electron chi connectivity index (χ4n) is 4.05. The molecule has 0 bridgehead atoms. The van der Waals surface area contributed by atoms with E-state index in [4.69, 9.17) is 0 Å². The van der Waals surface area contributed by atoms with Crippen molar-refractivity contribution < 1.29 is 0 Å². The van der Waals surface area contributed by atoms with Gasteiger partial charge in [0.15, 0.2) is 0 Å². The molecule has 4 rings (SSSR count). The molecule has 0 N–H and O–H groups in total. The van der Waals surface area contributed by atoms with Crippen LogP contribution in [0.2, 0.25) is 0 Å². The molecule has 0 saturated carbocycles. The van der Waals surface area contributed by atoms with Gasteiger partial charge in [0.1, 0.15) is 0 Å². The minimum absolute atomic E-state index is 1.18. The maximum absolute atomic E-state index is 3.94. The van der Waals surface area contributed by atoms with Crippen LogP contribution in [0.4, 0.5) is 0 Å². The number of fused-ring (bicyclic) bond motifs is 2. The van der Waals surface area contributed by atoms with E-state index in [0.29, 0.717) is 0 Å². The highest BCUT2D eigenvalue weighted by Gasteiger charge is 2.16. The molecule has 0 saturated heterocycles. The highest BCUT2D eigenvalue weighted by Crippen LogP contribution is 2.42. The Kier molecular flexibility index (Phi) is 7.62. The molecular weight excluding hydrogens is 372 g/mol. The van der Waals surface area contributed by atoms with E-state index in [0.717, 1.165) is 0 Å². The molecule has 0 atom stereocenters. The first-order valence-electron chi connectivity index (χ1n) is 11.1. The van der Waals surface area contributed by atoms with Crippen LogP contribution in [0.1, 0.15) is 38.3 Å². The third-order valence-electron chi connectivity index (χ3n) is 5.17. The Balaban J connectivity index is 0.000000858. The van der Waals surface area contributed by atoms with E-state index in [1.54, 1.807) is 0 Å². The van der Waals surface area contributed by atoms with Crippen molar-refractivity contribution in [3.05, 3.63) is 115 Å². The largest absolute Gasteiger partial charge is 0.0990 e. The molecule has 0 spiro atoms. The summed E-state index contributed by atoms with van der Waals surface area (Å²) in [4.78, 5) is 0. The van der Waals surface area contributed by atoms with Gasteiger partial charge in [0.25, 0.3) is 0 Å². The van der Waals surface area contributed by atoms with E-state index in [9.17, 15) is 0 Å². The zero-order chi connectivity index (χ0) is 22.2. The molecule has 156 valence electrons. The van der Waals surface area contributed by atoms with Crippen LogP contribution in [0.5, 0.6) is 0 Å². The molecule has 0 fully saturated rings.